The maximum atomic E-state index is 13.1. The van der Waals surface area contributed by atoms with Gasteiger partial charge >= 0.3 is 0 Å². The van der Waals surface area contributed by atoms with E-state index in [1.54, 1.807) is 23.1 Å². The molecular weight excluding hydrogens is 345 g/mol. The van der Waals surface area contributed by atoms with E-state index < -0.39 is 0 Å². The van der Waals surface area contributed by atoms with Gasteiger partial charge in [0.05, 0.1) is 11.3 Å². The number of anilines is 2. The fraction of sp³-hybridized carbons (Fsp3) is 0.333. The molecule has 2 saturated heterocycles. The highest BCUT2D eigenvalue weighted by Gasteiger charge is 2.28. The minimum absolute atomic E-state index is 0.0379. The number of carbonyl (C=O) groups is 2. The van der Waals surface area contributed by atoms with Gasteiger partial charge in [0.15, 0.2) is 0 Å². The van der Waals surface area contributed by atoms with Gasteiger partial charge in [0.1, 0.15) is 5.82 Å². The van der Waals surface area contributed by atoms with Crippen LogP contribution in [0.5, 0.6) is 0 Å². The second-order valence-electron chi connectivity index (χ2n) is 6.92. The molecule has 2 heterocycles. The Morgan fingerprint density at radius 1 is 0.889 bits per heavy atom. The van der Waals surface area contributed by atoms with E-state index in [4.69, 9.17) is 0 Å². The molecule has 140 valence electrons. The molecule has 0 spiro atoms. The number of benzene rings is 2. The van der Waals surface area contributed by atoms with E-state index in [2.05, 4.69) is 4.90 Å². The zero-order chi connectivity index (χ0) is 18.8. The van der Waals surface area contributed by atoms with E-state index in [0.29, 0.717) is 50.4 Å². The fourth-order valence-corrected chi connectivity index (χ4v) is 3.78. The number of nitrogens with zero attached hydrogens (tertiary/aromatic N) is 3. The first-order chi connectivity index (χ1) is 13.1. The van der Waals surface area contributed by atoms with Gasteiger partial charge in [0, 0.05) is 44.8 Å². The lowest BCUT2D eigenvalue weighted by molar-refractivity contribution is -0.117. The van der Waals surface area contributed by atoms with Crippen LogP contribution in [0.15, 0.2) is 48.5 Å². The molecule has 2 aliphatic heterocycles. The lowest BCUT2D eigenvalue weighted by Gasteiger charge is -2.36. The Balaban J connectivity index is 1.47. The summed E-state index contributed by atoms with van der Waals surface area (Å²) in [7, 11) is 0. The van der Waals surface area contributed by atoms with Gasteiger partial charge in [-0.2, -0.15) is 0 Å². The smallest absolute Gasteiger partial charge is 0.256 e. The first kappa shape index (κ1) is 17.5. The Kier molecular flexibility index (Phi) is 4.79. The van der Waals surface area contributed by atoms with Gasteiger partial charge < -0.3 is 14.7 Å². The molecule has 0 saturated carbocycles. The largest absolute Gasteiger partial charge is 0.368 e. The van der Waals surface area contributed by atoms with Crippen molar-refractivity contribution in [2.24, 2.45) is 0 Å². The lowest BCUT2D eigenvalue weighted by atomic mass is 10.1. The summed E-state index contributed by atoms with van der Waals surface area (Å²) in [4.78, 5) is 30.9. The average Bonchev–Trinajstić information content (AvgIpc) is 3.14. The summed E-state index contributed by atoms with van der Waals surface area (Å²) in [6.07, 6.45) is 1.37. The minimum Gasteiger partial charge on any atom is -0.368 e. The topological polar surface area (TPSA) is 43.9 Å². The van der Waals surface area contributed by atoms with E-state index in [1.165, 1.54) is 12.1 Å². The third-order valence-corrected chi connectivity index (χ3v) is 5.26. The van der Waals surface area contributed by atoms with Crippen LogP contribution in [-0.2, 0) is 4.79 Å². The predicted octanol–water partition coefficient (Wildman–Crippen LogP) is 2.91. The highest BCUT2D eigenvalue weighted by molar-refractivity contribution is 6.05. The van der Waals surface area contributed by atoms with Crippen LogP contribution in [0.3, 0.4) is 0 Å². The Hall–Kier alpha value is -2.89. The molecule has 4 rings (SSSR count). The molecule has 0 aromatic heterocycles. The molecule has 27 heavy (non-hydrogen) atoms. The molecule has 0 atom stereocenters. The van der Waals surface area contributed by atoms with Crippen LogP contribution in [0.25, 0.3) is 0 Å². The van der Waals surface area contributed by atoms with E-state index in [9.17, 15) is 14.0 Å². The fourth-order valence-electron chi connectivity index (χ4n) is 3.78. The summed E-state index contributed by atoms with van der Waals surface area (Å²) in [5.41, 5.74) is 2.26. The molecule has 0 radical (unpaired) electrons. The molecule has 0 unspecified atom stereocenters. The van der Waals surface area contributed by atoms with Crippen molar-refractivity contribution in [2.75, 3.05) is 42.5 Å². The van der Waals surface area contributed by atoms with E-state index in [1.807, 2.05) is 23.1 Å². The van der Waals surface area contributed by atoms with Gasteiger partial charge in [-0.3, -0.25) is 9.59 Å². The zero-order valence-electron chi connectivity index (χ0n) is 15.1. The van der Waals surface area contributed by atoms with Crippen molar-refractivity contribution in [1.29, 1.82) is 0 Å². The van der Waals surface area contributed by atoms with Gasteiger partial charge in [-0.1, -0.05) is 12.1 Å². The van der Waals surface area contributed by atoms with Crippen LogP contribution in [0.4, 0.5) is 15.8 Å². The first-order valence-corrected chi connectivity index (χ1v) is 9.33. The second kappa shape index (κ2) is 7.39. The van der Waals surface area contributed by atoms with Gasteiger partial charge in [0.25, 0.3) is 5.91 Å². The standard InChI is InChI=1S/C21H22FN3O2/c22-16-7-9-17(10-8-16)23-12-14-24(15-13-23)21(27)18-4-1-2-5-19(18)25-11-3-6-20(25)26/h1-2,4-5,7-10H,3,6,11-15H2. The average molecular weight is 367 g/mol. The van der Waals surface area contributed by atoms with Gasteiger partial charge in [-0.25, -0.2) is 4.39 Å². The first-order valence-electron chi connectivity index (χ1n) is 9.33. The van der Waals surface area contributed by atoms with Crippen molar-refractivity contribution < 1.29 is 14.0 Å². The summed E-state index contributed by atoms with van der Waals surface area (Å²) in [6.45, 7) is 3.25. The SMILES string of the molecule is O=C(c1ccccc1N1CCCC1=O)N1CCN(c2ccc(F)cc2)CC1. The minimum atomic E-state index is -0.249. The third kappa shape index (κ3) is 3.52. The molecule has 2 fully saturated rings. The molecule has 5 nitrogen and oxygen atoms in total. The number of hydrogen-bond acceptors (Lipinski definition) is 3. The van der Waals surface area contributed by atoms with Crippen molar-refractivity contribution in [3.05, 3.63) is 59.9 Å². The van der Waals surface area contributed by atoms with Gasteiger partial charge in [-0.05, 0) is 42.8 Å². The maximum absolute atomic E-state index is 13.1. The van der Waals surface area contributed by atoms with E-state index >= 15 is 0 Å². The Morgan fingerprint density at radius 3 is 2.26 bits per heavy atom. The molecule has 2 aliphatic rings. The number of halogens is 1. The normalized spacial score (nSPS) is 17.5. The van der Waals surface area contributed by atoms with Crippen LogP contribution < -0.4 is 9.80 Å². The van der Waals surface area contributed by atoms with Crippen molar-refractivity contribution >= 4 is 23.2 Å². The van der Waals surface area contributed by atoms with Crippen molar-refractivity contribution in [2.45, 2.75) is 12.8 Å². The van der Waals surface area contributed by atoms with Gasteiger partial charge in [-0.15, -0.1) is 0 Å². The molecule has 0 bridgehead atoms. The molecule has 0 aliphatic carbocycles. The predicted molar refractivity (Wildman–Crippen MR) is 103 cm³/mol. The number of carbonyl (C=O) groups excluding carboxylic acids is 2. The molecule has 2 aromatic rings. The quantitative estimate of drug-likeness (QED) is 0.838. The highest BCUT2D eigenvalue weighted by atomic mass is 19.1. The lowest BCUT2D eigenvalue weighted by Crippen LogP contribution is -2.49. The van der Waals surface area contributed by atoms with Crippen LogP contribution in [0, 0.1) is 5.82 Å². The Labute approximate surface area is 158 Å². The number of hydrogen-bond donors (Lipinski definition) is 0. The van der Waals surface area contributed by atoms with Crippen molar-refractivity contribution in [3.8, 4) is 0 Å². The van der Waals surface area contributed by atoms with Crippen molar-refractivity contribution in [1.82, 2.24) is 4.90 Å². The highest BCUT2D eigenvalue weighted by Crippen LogP contribution is 2.27. The summed E-state index contributed by atoms with van der Waals surface area (Å²) >= 11 is 0. The van der Waals surface area contributed by atoms with E-state index in [-0.39, 0.29) is 17.6 Å². The monoisotopic (exact) mass is 367 g/mol. The number of para-hydroxylation sites is 1. The zero-order valence-corrected chi connectivity index (χ0v) is 15.1. The number of piperazine rings is 1. The van der Waals surface area contributed by atoms with Crippen LogP contribution in [-0.4, -0.2) is 49.4 Å². The van der Waals surface area contributed by atoms with Crippen LogP contribution in [0.2, 0.25) is 0 Å². The molecule has 6 heteroatoms. The summed E-state index contributed by atoms with van der Waals surface area (Å²) in [6, 6.07) is 13.8. The van der Waals surface area contributed by atoms with Crippen LogP contribution >= 0.6 is 0 Å². The maximum Gasteiger partial charge on any atom is 0.256 e. The molecule has 2 amide bonds. The summed E-state index contributed by atoms with van der Waals surface area (Å²) < 4.78 is 13.1. The van der Waals surface area contributed by atoms with Crippen LogP contribution in [0.1, 0.15) is 23.2 Å². The molecular formula is C21H22FN3O2. The number of amides is 2. The molecule has 2 aromatic carbocycles. The van der Waals surface area contributed by atoms with E-state index in [0.717, 1.165) is 12.1 Å². The third-order valence-electron chi connectivity index (χ3n) is 5.26. The summed E-state index contributed by atoms with van der Waals surface area (Å²) in [5.74, 6) is -0.207. The molecule has 0 N–H and O–H groups in total. The van der Waals surface area contributed by atoms with Gasteiger partial charge in [0.2, 0.25) is 5.91 Å². The Morgan fingerprint density at radius 2 is 1.59 bits per heavy atom. The summed E-state index contributed by atoms with van der Waals surface area (Å²) in [5, 5.41) is 0. The van der Waals surface area contributed by atoms with Crippen molar-refractivity contribution in [3.63, 3.8) is 0 Å². The Bertz CT molecular complexity index is 845. The number of rotatable bonds is 3. The second-order valence-corrected chi connectivity index (χ2v) is 6.92.